The van der Waals surface area contributed by atoms with Gasteiger partial charge in [-0.3, -0.25) is 4.79 Å². The number of hydrogen-bond acceptors (Lipinski definition) is 8. The average Bonchev–Trinajstić information content (AvgIpc) is 3.03. The van der Waals surface area contributed by atoms with E-state index in [4.69, 9.17) is 4.74 Å². The van der Waals surface area contributed by atoms with Gasteiger partial charge in [0, 0.05) is 44.3 Å². The summed E-state index contributed by atoms with van der Waals surface area (Å²) in [7, 11) is -1.55. The van der Waals surface area contributed by atoms with Crippen molar-refractivity contribution in [2.75, 3.05) is 51.3 Å². The molecule has 10 nitrogen and oxygen atoms in total. The number of alkyl halides is 3. The second kappa shape index (κ2) is 13.9. The van der Waals surface area contributed by atoms with Gasteiger partial charge in [0.25, 0.3) is 5.91 Å². The third kappa shape index (κ3) is 8.13. The Morgan fingerprint density at radius 3 is 2.31 bits per heavy atom. The predicted octanol–water partition coefficient (Wildman–Crippen LogP) is 4.49. The lowest BCUT2D eigenvalue weighted by atomic mass is 9.97. The number of halogens is 3. The van der Waals surface area contributed by atoms with Gasteiger partial charge in [0.05, 0.1) is 24.0 Å². The van der Waals surface area contributed by atoms with E-state index in [0.29, 0.717) is 42.8 Å². The van der Waals surface area contributed by atoms with E-state index in [9.17, 15) is 26.4 Å². The molecule has 1 unspecified atom stereocenters. The van der Waals surface area contributed by atoms with Crippen molar-refractivity contribution in [3.8, 4) is 0 Å². The molecule has 14 heteroatoms. The molecule has 3 fully saturated rings. The van der Waals surface area contributed by atoms with Crippen molar-refractivity contribution in [2.45, 2.75) is 82.3 Å². The smallest absolute Gasteiger partial charge is 0.368 e. The highest BCUT2D eigenvalue weighted by Gasteiger charge is 2.34. The van der Waals surface area contributed by atoms with Crippen LogP contribution in [0.3, 0.4) is 0 Å². The van der Waals surface area contributed by atoms with Gasteiger partial charge >= 0.3 is 6.18 Å². The molecule has 248 valence electrons. The third-order valence-corrected chi connectivity index (χ3v) is 10.9. The number of nitrogens with one attached hydrogen (secondary N) is 1. The van der Waals surface area contributed by atoms with Crippen molar-refractivity contribution in [2.24, 2.45) is 0 Å². The van der Waals surface area contributed by atoms with Crippen molar-refractivity contribution in [3.63, 3.8) is 0 Å². The SMILES string of the molecule is Cc1c(NCC2CCC[C@H](c3ccc(C(F)(F)F)cc3)O2)ncnc1C(=O)N1CCC(N2CCC(N(C)S(C)(=O)=O)CC2)CC1. The van der Waals surface area contributed by atoms with Gasteiger partial charge in [-0.15, -0.1) is 0 Å². The summed E-state index contributed by atoms with van der Waals surface area (Å²) >= 11 is 0. The van der Waals surface area contributed by atoms with E-state index in [1.54, 1.807) is 7.05 Å². The van der Waals surface area contributed by atoms with Gasteiger partial charge < -0.3 is 19.9 Å². The Labute approximate surface area is 263 Å². The Kier molecular flexibility index (Phi) is 10.4. The van der Waals surface area contributed by atoms with Gasteiger partial charge in [-0.05, 0) is 82.7 Å². The molecule has 0 aliphatic carbocycles. The van der Waals surface area contributed by atoms with Gasteiger partial charge in [-0.1, -0.05) is 12.1 Å². The molecule has 2 atom stereocenters. The molecular formula is C31H43F3N6O4S. The zero-order valence-electron chi connectivity index (χ0n) is 26.1. The number of nitrogens with zero attached hydrogens (tertiary/aromatic N) is 5. The molecule has 1 aromatic carbocycles. The first-order valence-corrected chi connectivity index (χ1v) is 17.5. The van der Waals surface area contributed by atoms with Crippen molar-refractivity contribution in [1.82, 2.24) is 24.1 Å². The lowest BCUT2D eigenvalue weighted by Crippen LogP contribution is -2.52. The minimum atomic E-state index is -4.37. The summed E-state index contributed by atoms with van der Waals surface area (Å²) in [6.07, 6.45) is 3.58. The maximum Gasteiger partial charge on any atom is 0.416 e. The number of piperidine rings is 2. The number of carbonyl (C=O) groups is 1. The molecule has 0 radical (unpaired) electrons. The summed E-state index contributed by atoms with van der Waals surface area (Å²) in [5.74, 6) is 0.437. The zero-order chi connectivity index (χ0) is 32.4. The first-order chi connectivity index (χ1) is 21.3. The van der Waals surface area contributed by atoms with E-state index < -0.39 is 21.8 Å². The second-order valence-corrected chi connectivity index (χ2v) is 14.5. The van der Waals surface area contributed by atoms with Crippen molar-refractivity contribution < 1.29 is 31.1 Å². The monoisotopic (exact) mass is 652 g/mol. The van der Waals surface area contributed by atoms with Gasteiger partial charge in [0.15, 0.2) is 0 Å². The Morgan fingerprint density at radius 2 is 1.69 bits per heavy atom. The molecule has 1 aromatic heterocycles. The highest BCUT2D eigenvalue weighted by atomic mass is 32.2. The summed E-state index contributed by atoms with van der Waals surface area (Å²) in [5.41, 5.74) is 1.08. The molecular weight excluding hydrogens is 609 g/mol. The van der Waals surface area contributed by atoms with Gasteiger partial charge in [0.1, 0.15) is 17.8 Å². The van der Waals surface area contributed by atoms with E-state index in [-0.39, 0.29) is 24.2 Å². The Morgan fingerprint density at radius 1 is 1.02 bits per heavy atom. The molecule has 3 aliphatic heterocycles. The molecule has 45 heavy (non-hydrogen) atoms. The van der Waals surface area contributed by atoms with Crippen LogP contribution in [0.2, 0.25) is 0 Å². The number of sulfonamides is 1. The molecule has 0 bridgehead atoms. The molecule has 3 aliphatic rings. The minimum Gasteiger partial charge on any atom is -0.368 e. The average molecular weight is 653 g/mol. The fourth-order valence-electron chi connectivity index (χ4n) is 6.71. The number of ether oxygens (including phenoxy) is 1. The van der Waals surface area contributed by atoms with Crippen molar-refractivity contribution in [3.05, 3.63) is 53.0 Å². The van der Waals surface area contributed by atoms with Crippen LogP contribution in [0.25, 0.3) is 0 Å². The van der Waals surface area contributed by atoms with Crippen LogP contribution in [0.1, 0.15) is 78.2 Å². The first kappa shape index (κ1) is 33.6. The van der Waals surface area contributed by atoms with E-state index in [1.165, 1.54) is 29.0 Å². The van der Waals surface area contributed by atoms with Gasteiger partial charge in [-0.2, -0.15) is 13.2 Å². The normalized spacial score (nSPS) is 23.0. The summed E-state index contributed by atoms with van der Waals surface area (Å²) in [4.78, 5) is 26.5. The van der Waals surface area contributed by atoms with E-state index in [1.807, 2.05) is 11.8 Å². The first-order valence-electron chi connectivity index (χ1n) is 15.7. The third-order valence-electron chi connectivity index (χ3n) is 9.55. The number of rotatable bonds is 8. The van der Waals surface area contributed by atoms with Crippen LogP contribution in [0.5, 0.6) is 0 Å². The number of carbonyl (C=O) groups excluding carboxylic acids is 1. The molecule has 1 N–H and O–H groups in total. The second-order valence-electron chi connectivity index (χ2n) is 12.4. The van der Waals surface area contributed by atoms with Crippen molar-refractivity contribution >= 4 is 21.7 Å². The van der Waals surface area contributed by atoms with Crippen LogP contribution in [0.4, 0.5) is 19.0 Å². The molecule has 1 amide bonds. The Balaban J connectivity index is 1.11. The summed E-state index contributed by atoms with van der Waals surface area (Å²) in [6.45, 7) is 5.22. The molecule has 0 spiro atoms. The van der Waals surface area contributed by atoms with E-state index in [2.05, 4.69) is 20.2 Å². The number of aromatic nitrogens is 2. The maximum atomic E-state index is 13.5. The quantitative estimate of drug-likeness (QED) is 0.445. The number of amides is 1. The highest BCUT2D eigenvalue weighted by Crippen LogP contribution is 2.34. The summed E-state index contributed by atoms with van der Waals surface area (Å²) in [6, 6.07) is 5.56. The number of anilines is 1. The molecule has 2 aromatic rings. The summed E-state index contributed by atoms with van der Waals surface area (Å²) in [5, 5.41) is 3.31. The van der Waals surface area contributed by atoms with E-state index in [0.717, 1.165) is 75.7 Å². The number of likely N-dealkylation sites (tertiary alicyclic amines) is 2. The topological polar surface area (TPSA) is 108 Å². The van der Waals surface area contributed by atoms with Crippen LogP contribution in [-0.2, 0) is 20.9 Å². The molecule has 5 rings (SSSR count). The minimum absolute atomic E-state index is 0.0339. The highest BCUT2D eigenvalue weighted by molar-refractivity contribution is 7.88. The van der Waals surface area contributed by atoms with Crippen LogP contribution in [0.15, 0.2) is 30.6 Å². The van der Waals surface area contributed by atoms with Crippen LogP contribution >= 0.6 is 0 Å². The largest absolute Gasteiger partial charge is 0.416 e. The molecule has 4 heterocycles. The Hall–Kier alpha value is -2.81. The van der Waals surface area contributed by atoms with Crippen LogP contribution in [0, 0.1) is 6.92 Å². The zero-order valence-corrected chi connectivity index (χ0v) is 26.9. The molecule has 0 saturated carbocycles. The number of hydrogen-bond donors (Lipinski definition) is 1. The Bertz CT molecular complexity index is 1430. The molecule has 3 saturated heterocycles. The van der Waals surface area contributed by atoms with Crippen molar-refractivity contribution in [1.29, 1.82) is 0 Å². The van der Waals surface area contributed by atoms with E-state index >= 15 is 0 Å². The predicted molar refractivity (Wildman–Crippen MR) is 164 cm³/mol. The fraction of sp³-hybridized carbons (Fsp3) is 0.645. The van der Waals surface area contributed by atoms with Gasteiger partial charge in [-0.25, -0.2) is 22.7 Å². The maximum absolute atomic E-state index is 13.5. The van der Waals surface area contributed by atoms with Crippen LogP contribution < -0.4 is 5.32 Å². The standard InChI is InChI=1S/C31H43F3N6O4S/c1-21-28(30(41)40-17-13-25(14-18-40)39-15-11-24(12-16-39)38(2)45(3,42)43)36-20-37-29(21)35-19-26-5-4-6-27(44-26)22-7-9-23(10-8-22)31(32,33)34/h7-10,20,24-27H,4-6,11-19H2,1-3H3,(H,35,36,37)/t26?,27-/m1/s1. The summed E-state index contributed by atoms with van der Waals surface area (Å²) < 4.78 is 70.4. The number of benzene rings is 1. The van der Waals surface area contributed by atoms with Gasteiger partial charge in [0.2, 0.25) is 10.0 Å². The van der Waals surface area contributed by atoms with Crippen LogP contribution in [-0.4, -0.2) is 103 Å². The lowest BCUT2D eigenvalue weighted by molar-refractivity contribution is -0.137. The lowest BCUT2D eigenvalue weighted by Gasteiger charge is -2.43. The fourth-order valence-corrected chi connectivity index (χ4v) is 7.46.